The molecule has 1 spiro atoms. The van der Waals surface area contributed by atoms with Gasteiger partial charge in [0.05, 0.1) is 5.41 Å². The summed E-state index contributed by atoms with van der Waals surface area (Å²) in [6, 6.07) is 0. The molecule has 2 rings (SSSR count). The van der Waals surface area contributed by atoms with E-state index < -0.39 is 0 Å². The minimum absolute atomic E-state index is 0.0645. The molecule has 0 aromatic heterocycles. The van der Waals surface area contributed by atoms with E-state index in [1.807, 2.05) is 0 Å². The summed E-state index contributed by atoms with van der Waals surface area (Å²) >= 11 is 0. The molecule has 0 aromatic rings. The average molecular weight is 211 g/mol. The number of hydrogen-bond donors (Lipinski definition) is 1. The van der Waals surface area contributed by atoms with Gasteiger partial charge in [0.2, 0.25) is 0 Å². The SMILES string of the molecule is CC(C)CC1CC2(CCNCC2)C(=O)O1. The molecule has 0 bridgehead atoms. The van der Waals surface area contributed by atoms with Gasteiger partial charge in [-0.2, -0.15) is 0 Å². The van der Waals surface area contributed by atoms with Gasteiger partial charge in [-0.05, 0) is 38.3 Å². The number of rotatable bonds is 2. The topological polar surface area (TPSA) is 38.3 Å². The average Bonchev–Trinajstić information content (AvgIpc) is 2.43. The molecule has 0 radical (unpaired) electrons. The monoisotopic (exact) mass is 211 g/mol. The highest BCUT2D eigenvalue weighted by atomic mass is 16.6. The zero-order chi connectivity index (χ0) is 10.9. The number of nitrogens with one attached hydrogen (secondary N) is 1. The zero-order valence-corrected chi connectivity index (χ0v) is 9.71. The molecule has 15 heavy (non-hydrogen) atoms. The van der Waals surface area contributed by atoms with Crippen LogP contribution in [0.5, 0.6) is 0 Å². The van der Waals surface area contributed by atoms with E-state index in [4.69, 9.17) is 4.74 Å². The summed E-state index contributed by atoms with van der Waals surface area (Å²) in [5.41, 5.74) is -0.134. The lowest BCUT2D eigenvalue weighted by atomic mass is 9.76. The van der Waals surface area contributed by atoms with Gasteiger partial charge in [0, 0.05) is 6.42 Å². The molecule has 0 amide bonds. The van der Waals surface area contributed by atoms with E-state index in [0.717, 1.165) is 38.8 Å². The van der Waals surface area contributed by atoms with Crippen LogP contribution in [0.15, 0.2) is 0 Å². The normalized spacial score (nSPS) is 29.8. The predicted molar refractivity (Wildman–Crippen MR) is 58.5 cm³/mol. The Kier molecular flexibility index (Phi) is 3.01. The van der Waals surface area contributed by atoms with E-state index in [2.05, 4.69) is 19.2 Å². The van der Waals surface area contributed by atoms with Gasteiger partial charge >= 0.3 is 5.97 Å². The van der Waals surface area contributed by atoms with Crippen molar-refractivity contribution in [2.45, 2.75) is 45.6 Å². The van der Waals surface area contributed by atoms with E-state index >= 15 is 0 Å². The molecule has 86 valence electrons. The van der Waals surface area contributed by atoms with Crippen molar-refractivity contribution in [3.63, 3.8) is 0 Å². The lowest BCUT2D eigenvalue weighted by molar-refractivity contribution is -0.150. The summed E-state index contributed by atoms with van der Waals surface area (Å²) in [6.07, 6.45) is 4.06. The van der Waals surface area contributed by atoms with Crippen molar-refractivity contribution in [2.75, 3.05) is 13.1 Å². The van der Waals surface area contributed by atoms with Gasteiger partial charge in [-0.15, -0.1) is 0 Å². The molecule has 1 atom stereocenters. The third-order valence-electron chi connectivity index (χ3n) is 3.62. The first-order valence-corrected chi connectivity index (χ1v) is 6.04. The van der Waals surface area contributed by atoms with Crippen LogP contribution in [0.1, 0.15) is 39.5 Å². The van der Waals surface area contributed by atoms with Gasteiger partial charge in [0.1, 0.15) is 6.10 Å². The third kappa shape index (κ3) is 2.17. The van der Waals surface area contributed by atoms with Crippen LogP contribution in [-0.4, -0.2) is 25.2 Å². The van der Waals surface area contributed by atoms with Crippen LogP contribution in [0, 0.1) is 11.3 Å². The predicted octanol–water partition coefficient (Wildman–Crippen LogP) is 1.72. The number of esters is 1. The summed E-state index contributed by atoms with van der Waals surface area (Å²) in [5, 5.41) is 3.30. The van der Waals surface area contributed by atoms with Gasteiger partial charge in [0.15, 0.2) is 0 Å². The van der Waals surface area contributed by atoms with Gasteiger partial charge in [-0.25, -0.2) is 0 Å². The highest BCUT2D eigenvalue weighted by Crippen LogP contribution is 2.42. The van der Waals surface area contributed by atoms with E-state index in [-0.39, 0.29) is 17.5 Å². The van der Waals surface area contributed by atoms with E-state index in [1.54, 1.807) is 0 Å². The molecule has 1 unspecified atom stereocenters. The van der Waals surface area contributed by atoms with Crippen molar-refractivity contribution < 1.29 is 9.53 Å². The second kappa shape index (κ2) is 4.12. The van der Waals surface area contributed by atoms with E-state index in [0.29, 0.717) is 5.92 Å². The molecule has 2 saturated heterocycles. The molecule has 2 heterocycles. The fourth-order valence-electron chi connectivity index (χ4n) is 2.81. The Labute approximate surface area is 91.6 Å². The second-order valence-corrected chi connectivity index (χ2v) is 5.39. The smallest absolute Gasteiger partial charge is 0.312 e. The van der Waals surface area contributed by atoms with Crippen LogP contribution in [0.4, 0.5) is 0 Å². The maximum Gasteiger partial charge on any atom is 0.312 e. The fraction of sp³-hybridized carbons (Fsp3) is 0.917. The number of cyclic esters (lactones) is 1. The third-order valence-corrected chi connectivity index (χ3v) is 3.62. The minimum Gasteiger partial charge on any atom is -0.462 e. The Morgan fingerprint density at radius 3 is 2.73 bits per heavy atom. The lowest BCUT2D eigenvalue weighted by Gasteiger charge is -2.29. The Balaban J connectivity index is 1.99. The Morgan fingerprint density at radius 2 is 2.13 bits per heavy atom. The Hall–Kier alpha value is -0.570. The standard InChI is InChI=1S/C12H21NO2/c1-9(2)7-10-8-12(11(14)15-10)3-5-13-6-4-12/h9-10,13H,3-8H2,1-2H3. The van der Waals surface area contributed by atoms with Crippen molar-refractivity contribution in [1.29, 1.82) is 0 Å². The van der Waals surface area contributed by atoms with Crippen LogP contribution in [0.3, 0.4) is 0 Å². The van der Waals surface area contributed by atoms with Crippen LogP contribution >= 0.6 is 0 Å². The van der Waals surface area contributed by atoms with Gasteiger partial charge < -0.3 is 10.1 Å². The Morgan fingerprint density at radius 1 is 1.47 bits per heavy atom. The van der Waals surface area contributed by atoms with Crippen LogP contribution in [0.25, 0.3) is 0 Å². The first kappa shape index (κ1) is 10.9. The summed E-state index contributed by atoms with van der Waals surface area (Å²) in [7, 11) is 0. The molecule has 0 aromatic carbocycles. The van der Waals surface area contributed by atoms with Crippen molar-refractivity contribution in [1.82, 2.24) is 5.32 Å². The van der Waals surface area contributed by atoms with Crippen LogP contribution < -0.4 is 5.32 Å². The van der Waals surface area contributed by atoms with Crippen LogP contribution in [0.2, 0.25) is 0 Å². The molecule has 0 aliphatic carbocycles. The second-order valence-electron chi connectivity index (χ2n) is 5.39. The van der Waals surface area contributed by atoms with E-state index in [9.17, 15) is 4.79 Å². The summed E-state index contributed by atoms with van der Waals surface area (Å²) in [6.45, 7) is 6.29. The molecular weight excluding hydrogens is 190 g/mol. The zero-order valence-electron chi connectivity index (χ0n) is 9.71. The maximum absolute atomic E-state index is 11.9. The molecule has 1 N–H and O–H groups in total. The fourth-order valence-corrected chi connectivity index (χ4v) is 2.81. The Bertz CT molecular complexity index is 244. The summed E-state index contributed by atoms with van der Waals surface area (Å²) in [4.78, 5) is 11.9. The number of carbonyl (C=O) groups is 1. The highest BCUT2D eigenvalue weighted by molar-refractivity contribution is 5.79. The van der Waals surface area contributed by atoms with Crippen LogP contribution in [-0.2, 0) is 9.53 Å². The highest BCUT2D eigenvalue weighted by Gasteiger charge is 2.49. The van der Waals surface area contributed by atoms with Crippen molar-refractivity contribution >= 4 is 5.97 Å². The van der Waals surface area contributed by atoms with Crippen molar-refractivity contribution in [3.8, 4) is 0 Å². The summed E-state index contributed by atoms with van der Waals surface area (Å²) in [5.74, 6) is 0.675. The first-order chi connectivity index (χ1) is 7.12. The molecule has 3 nitrogen and oxygen atoms in total. The van der Waals surface area contributed by atoms with Gasteiger partial charge in [-0.3, -0.25) is 4.79 Å². The number of carbonyl (C=O) groups excluding carboxylic acids is 1. The molecule has 0 saturated carbocycles. The minimum atomic E-state index is -0.134. The van der Waals surface area contributed by atoms with E-state index in [1.165, 1.54) is 0 Å². The number of piperidine rings is 1. The van der Waals surface area contributed by atoms with Crippen molar-refractivity contribution in [3.05, 3.63) is 0 Å². The molecule has 2 aliphatic rings. The van der Waals surface area contributed by atoms with Gasteiger partial charge in [-0.1, -0.05) is 13.8 Å². The molecule has 2 fully saturated rings. The van der Waals surface area contributed by atoms with Crippen molar-refractivity contribution in [2.24, 2.45) is 11.3 Å². The first-order valence-electron chi connectivity index (χ1n) is 6.04. The van der Waals surface area contributed by atoms with Gasteiger partial charge in [0.25, 0.3) is 0 Å². The maximum atomic E-state index is 11.9. The largest absolute Gasteiger partial charge is 0.462 e. The summed E-state index contributed by atoms with van der Waals surface area (Å²) < 4.78 is 5.50. The lowest BCUT2D eigenvalue weighted by Crippen LogP contribution is -2.39. The quantitative estimate of drug-likeness (QED) is 0.707. The molecule has 3 heteroatoms. The molecular formula is C12H21NO2. The number of ether oxygens (including phenoxy) is 1. The number of hydrogen-bond acceptors (Lipinski definition) is 3. The molecule has 2 aliphatic heterocycles.